The van der Waals surface area contributed by atoms with Gasteiger partial charge in [-0.1, -0.05) is 23.5 Å². The van der Waals surface area contributed by atoms with Crippen molar-refractivity contribution < 1.29 is 9.90 Å². The van der Waals surface area contributed by atoms with E-state index in [1.807, 2.05) is 26.0 Å². The zero-order valence-corrected chi connectivity index (χ0v) is 11.8. The molecule has 0 aliphatic carbocycles. The highest BCUT2D eigenvalue weighted by molar-refractivity contribution is 5.97. The number of hydrogen-bond donors (Lipinski definition) is 1. The second-order valence-electron chi connectivity index (χ2n) is 4.30. The quantitative estimate of drug-likeness (QED) is 0.847. The van der Waals surface area contributed by atoms with Crippen LogP contribution in [0.25, 0.3) is 0 Å². The van der Waals surface area contributed by atoms with Gasteiger partial charge in [0, 0.05) is 18.7 Å². The van der Waals surface area contributed by atoms with Crippen LogP contribution in [-0.2, 0) is 0 Å². The topological polar surface area (TPSA) is 64.3 Å². The van der Waals surface area contributed by atoms with Gasteiger partial charge in [0.2, 0.25) is 0 Å². The van der Waals surface area contributed by atoms with Crippen LogP contribution in [0.15, 0.2) is 18.2 Å². The third kappa shape index (κ3) is 4.12. The molecule has 0 aliphatic rings. The minimum atomic E-state index is -0.243. The zero-order chi connectivity index (χ0) is 15.0. The zero-order valence-electron chi connectivity index (χ0n) is 11.8. The summed E-state index contributed by atoms with van der Waals surface area (Å²) in [6.45, 7) is 4.50. The van der Waals surface area contributed by atoms with E-state index in [4.69, 9.17) is 10.4 Å². The van der Waals surface area contributed by atoms with Crippen molar-refractivity contribution in [3.63, 3.8) is 0 Å². The highest BCUT2D eigenvalue weighted by atomic mass is 16.2. The van der Waals surface area contributed by atoms with Crippen molar-refractivity contribution in [2.45, 2.75) is 20.3 Å². The van der Waals surface area contributed by atoms with Crippen molar-refractivity contribution in [1.82, 2.24) is 4.90 Å². The van der Waals surface area contributed by atoms with Crippen molar-refractivity contribution >= 4 is 5.91 Å². The molecule has 0 atom stereocenters. The molecular weight excluding hydrogens is 252 g/mol. The Kier molecular flexibility index (Phi) is 6.29. The molecular formula is C16H18N2O2. The number of nitriles is 1. The van der Waals surface area contributed by atoms with E-state index in [1.165, 1.54) is 0 Å². The van der Waals surface area contributed by atoms with Crippen LogP contribution in [0.2, 0.25) is 0 Å². The predicted molar refractivity (Wildman–Crippen MR) is 77.0 cm³/mol. The Bertz CT molecular complexity index is 576. The number of nitrogens with zero attached hydrogens (tertiary/aromatic N) is 2. The molecule has 104 valence electrons. The third-order valence-corrected chi connectivity index (χ3v) is 2.87. The summed E-state index contributed by atoms with van der Waals surface area (Å²) in [6, 6.07) is 7.49. The van der Waals surface area contributed by atoms with Gasteiger partial charge in [0.25, 0.3) is 5.91 Å². The normalized spacial score (nSPS) is 9.30. The van der Waals surface area contributed by atoms with Gasteiger partial charge in [0.1, 0.15) is 6.61 Å². The molecule has 1 amide bonds. The maximum atomic E-state index is 12.5. The number of carbonyl (C=O) groups is 1. The van der Waals surface area contributed by atoms with Crippen LogP contribution in [0, 0.1) is 30.1 Å². The highest BCUT2D eigenvalue weighted by Crippen LogP contribution is 2.14. The van der Waals surface area contributed by atoms with E-state index in [1.54, 1.807) is 17.0 Å². The Morgan fingerprint density at radius 3 is 2.80 bits per heavy atom. The molecule has 0 spiro atoms. The highest BCUT2D eigenvalue weighted by Gasteiger charge is 2.17. The number of rotatable bonds is 4. The molecule has 1 aromatic carbocycles. The second-order valence-corrected chi connectivity index (χ2v) is 4.30. The van der Waals surface area contributed by atoms with E-state index in [0.717, 1.165) is 5.56 Å². The third-order valence-electron chi connectivity index (χ3n) is 2.87. The predicted octanol–water partition coefficient (Wildman–Crippen LogP) is 1.71. The Labute approximate surface area is 119 Å². The Morgan fingerprint density at radius 1 is 1.45 bits per heavy atom. The van der Waals surface area contributed by atoms with Crippen LogP contribution in [0.1, 0.15) is 34.8 Å². The van der Waals surface area contributed by atoms with Crippen LogP contribution >= 0.6 is 0 Å². The Hall–Kier alpha value is -2.30. The molecule has 0 bridgehead atoms. The summed E-state index contributed by atoms with van der Waals surface area (Å²) < 4.78 is 0. The molecule has 0 radical (unpaired) electrons. The number of hydrogen-bond acceptors (Lipinski definition) is 3. The van der Waals surface area contributed by atoms with Gasteiger partial charge in [-0.3, -0.25) is 4.79 Å². The molecule has 0 saturated carbocycles. The maximum Gasteiger partial charge on any atom is 0.255 e. The summed E-state index contributed by atoms with van der Waals surface area (Å²) in [5, 5.41) is 17.4. The fourth-order valence-corrected chi connectivity index (χ4v) is 1.84. The lowest BCUT2D eigenvalue weighted by atomic mass is 10.0. The molecule has 0 saturated heterocycles. The minimum Gasteiger partial charge on any atom is -0.384 e. The van der Waals surface area contributed by atoms with Crippen molar-refractivity contribution in [3.8, 4) is 17.9 Å². The molecule has 0 aliphatic heterocycles. The minimum absolute atomic E-state index is 0.131. The van der Waals surface area contributed by atoms with Crippen LogP contribution in [0.4, 0.5) is 0 Å². The molecule has 20 heavy (non-hydrogen) atoms. The molecule has 0 unspecified atom stereocenters. The number of aliphatic hydroxyl groups is 1. The summed E-state index contributed by atoms with van der Waals surface area (Å²) in [6.07, 6.45) is 0.309. The lowest BCUT2D eigenvalue weighted by Gasteiger charge is -2.20. The average molecular weight is 270 g/mol. The van der Waals surface area contributed by atoms with Gasteiger partial charge in [-0.25, -0.2) is 0 Å². The van der Waals surface area contributed by atoms with Gasteiger partial charge >= 0.3 is 0 Å². The summed E-state index contributed by atoms with van der Waals surface area (Å²) in [5.74, 6) is 5.22. The van der Waals surface area contributed by atoms with E-state index >= 15 is 0 Å². The van der Waals surface area contributed by atoms with Gasteiger partial charge in [-0.15, -0.1) is 0 Å². The van der Waals surface area contributed by atoms with Gasteiger partial charge in [-0.2, -0.15) is 5.26 Å². The van der Waals surface area contributed by atoms with E-state index in [2.05, 4.69) is 11.8 Å². The van der Waals surface area contributed by atoms with Crippen LogP contribution < -0.4 is 0 Å². The lowest BCUT2D eigenvalue weighted by molar-refractivity contribution is 0.0767. The average Bonchev–Trinajstić information content (AvgIpc) is 2.46. The Balaban J connectivity index is 3.12. The SMILES string of the molecule is CCN(CCC#N)C(=O)c1cc(C)ccc1C#CCO. The Morgan fingerprint density at radius 2 is 2.20 bits per heavy atom. The first kappa shape index (κ1) is 15.8. The summed E-state index contributed by atoms with van der Waals surface area (Å²) in [4.78, 5) is 14.1. The molecule has 4 nitrogen and oxygen atoms in total. The van der Waals surface area contributed by atoms with Crippen molar-refractivity contribution in [2.75, 3.05) is 19.7 Å². The fourth-order valence-electron chi connectivity index (χ4n) is 1.84. The van der Waals surface area contributed by atoms with Crippen LogP contribution in [0.5, 0.6) is 0 Å². The number of amides is 1. The monoisotopic (exact) mass is 270 g/mol. The van der Waals surface area contributed by atoms with Gasteiger partial charge in [0.15, 0.2) is 0 Å². The van der Waals surface area contributed by atoms with Crippen molar-refractivity contribution in [3.05, 3.63) is 34.9 Å². The fraction of sp³-hybridized carbons (Fsp3) is 0.375. The molecule has 4 heteroatoms. The molecule has 1 aromatic rings. The molecule has 0 fully saturated rings. The molecule has 0 heterocycles. The van der Waals surface area contributed by atoms with Crippen LogP contribution in [-0.4, -0.2) is 35.6 Å². The van der Waals surface area contributed by atoms with E-state index in [9.17, 15) is 4.79 Å². The summed E-state index contributed by atoms with van der Waals surface area (Å²) in [5.41, 5.74) is 2.09. The second kappa shape index (κ2) is 7.99. The molecule has 0 aromatic heterocycles. The van der Waals surface area contributed by atoms with E-state index in [-0.39, 0.29) is 12.5 Å². The summed E-state index contributed by atoms with van der Waals surface area (Å²) in [7, 11) is 0. The summed E-state index contributed by atoms with van der Waals surface area (Å²) >= 11 is 0. The van der Waals surface area contributed by atoms with Crippen molar-refractivity contribution in [1.29, 1.82) is 5.26 Å². The van der Waals surface area contributed by atoms with Gasteiger partial charge < -0.3 is 10.0 Å². The van der Waals surface area contributed by atoms with E-state index in [0.29, 0.717) is 30.6 Å². The number of benzene rings is 1. The molecule has 1 rings (SSSR count). The standard InChI is InChI=1S/C16H18N2O2/c1-3-18(10-5-9-17)16(20)15-12-13(2)7-8-14(15)6-4-11-19/h7-8,12,19H,3,5,10-11H2,1-2H3. The largest absolute Gasteiger partial charge is 0.384 e. The van der Waals surface area contributed by atoms with E-state index < -0.39 is 0 Å². The van der Waals surface area contributed by atoms with Crippen molar-refractivity contribution in [2.24, 2.45) is 0 Å². The van der Waals surface area contributed by atoms with Crippen LogP contribution in [0.3, 0.4) is 0 Å². The number of aliphatic hydroxyl groups excluding tert-OH is 1. The number of carbonyl (C=O) groups excluding carboxylic acids is 1. The van der Waals surface area contributed by atoms with Gasteiger partial charge in [-0.05, 0) is 26.0 Å². The lowest BCUT2D eigenvalue weighted by Crippen LogP contribution is -2.32. The smallest absolute Gasteiger partial charge is 0.255 e. The first-order valence-electron chi connectivity index (χ1n) is 6.50. The molecule has 1 N–H and O–H groups in total. The van der Waals surface area contributed by atoms with Gasteiger partial charge in [0.05, 0.1) is 18.1 Å². The maximum absolute atomic E-state index is 12.5. The first-order chi connectivity index (χ1) is 9.63. The number of aryl methyl sites for hydroxylation is 1. The first-order valence-corrected chi connectivity index (χ1v) is 6.50.